The van der Waals surface area contributed by atoms with Crippen molar-refractivity contribution in [2.24, 2.45) is 0 Å². The van der Waals surface area contributed by atoms with Crippen LogP contribution in [0.2, 0.25) is 10.0 Å². The molecule has 0 radical (unpaired) electrons. The Bertz CT molecular complexity index is 599. The molecule has 140 valence electrons. The van der Waals surface area contributed by atoms with Crippen LogP contribution in [0.25, 0.3) is 0 Å². The number of hydrogen-bond acceptors (Lipinski definition) is 3. The van der Waals surface area contributed by atoms with Gasteiger partial charge in [-0.15, -0.1) is 12.4 Å². The second-order valence-corrected chi connectivity index (χ2v) is 6.76. The van der Waals surface area contributed by atoms with Gasteiger partial charge in [0.2, 0.25) is 11.8 Å². The number of nitrogens with one attached hydrogen (secondary N) is 2. The van der Waals surface area contributed by atoms with E-state index in [2.05, 4.69) is 10.6 Å². The van der Waals surface area contributed by atoms with Gasteiger partial charge in [-0.1, -0.05) is 23.2 Å². The van der Waals surface area contributed by atoms with Crippen molar-refractivity contribution in [3.05, 3.63) is 28.2 Å². The first-order valence-electron chi connectivity index (χ1n) is 8.23. The summed E-state index contributed by atoms with van der Waals surface area (Å²) in [4.78, 5) is 26.8. The predicted molar refractivity (Wildman–Crippen MR) is 105 cm³/mol. The lowest BCUT2D eigenvalue weighted by atomic mass is 10.0. The number of carbonyl (C=O) groups excluding carboxylic acids is 2. The van der Waals surface area contributed by atoms with Crippen LogP contribution in [0.1, 0.15) is 32.1 Å². The number of piperidine rings is 1. The maximum Gasteiger partial charge on any atom is 0.247 e. The van der Waals surface area contributed by atoms with Crippen LogP contribution in [-0.2, 0) is 9.59 Å². The molecule has 1 fully saturated rings. The molecular formula is C17H24Cl3N3O2. The van der Waals surface area contributed by atoms with E-state index in [1.165, 1.54) is 0 Å². The molecule has 0 spiro atoms. The third-order valence-electron chi connectivity index (χ3n) is 4.13. The van der Waals surface area contributed by atoms with E-state index in [1.54, 1.807) is 23.1 Å². The fourth-order valence-corrected chi connectivity index (χ4v) is 3.33. The Hall–Kier alpha value is -1.01. The third-order valence-corrected chi connectivity index (χ3v) is 4.68. The first-order valence-corrected chi connectivity index (χ1v) is 8.98. The summed E-state index contributed by atoms with van der Waals surface area (Å²) in [5, 5.41) is 6.75. The van der Waals surface area contributed by atoms with Gasteiger partial charge in [-0.05, 0) is 57.5 Å². The lowest BCUT2D eigenvalue weighted by molar-refractivity contribution is -0.140. The zero-order chi connectivity index (χ0) is 17.5. The van der Waals surface area contributed by atoms with E-state index in [-0.39, 0.29) is 24.2 Å². The highest BCUT2D eigenvalue weighted by molar-refractivity contribution is 6.36. The molecule has 1 saturated heterocycles. The number of halogens is 3. The Morgan fingerprint density at radius 2 is 2.04 bits per heavy atom. The van der Waals surface area contributed by atoms with Crippen LogP contribution in [0.15, 0.2) is 18.2 Å². The number of anilines is 1. The van der Waals surface area contributed by atoms with E-state index in [0.717, 1.165) is 25.8 Å². The first kappa shape index (κ1) is 22.0. The van der Waals surface area contributed by atoms with Crippen LogP contribution < -0.4 is 10.6 Å². The molecule has 2 amide bonds. The van der Waals surface area contributed by atoms with Gasteiger partial charge in [0.1, 0.15) is 6.04 Å². The summed E-state index contributed by atoms with van der Waals surface area (Å²) in [6.07, 6.45) is 3.76. The van der Waals surface area contributed by atoms with Gasteiger partial charge in [-0.3, -0.25) is 9.59 Å². The topological polar surface area (TPSA) is 61.4 Å². The van der Waals surface area contributed by atoms with E-state index in [0.29, 0.717) is 35.1 Å². The normalized spacial score (nSPS) is 16.9. The summed E-state index contributed by atoms with van der Waals surface area (Å²) >= 11 is 12.0. The van der Waals surface area contributed by atoms with E-state index in [1.807, 2.05) is 7.05 Å². The molecule has 5 nitrogen and oxygen atoms in total. The van der Waals surface area contributed by atoms with Gasteiger partial charge < -0.3 is 15.5 Å². The van der Waals surface area contributed by atoms with Crippen LogP contribution in [0.4, 0.5) is 5.69 Å². The average molecular weight is 409 g/mol. The Labute approximate surface area is 164 Å². The molecular weight excluding hydrogens is 385 g/mol. The molecule has 0 aliphatic carbocycles. The van der Waals surface area contributed by atoms with Gasteiger partial charge in [0.25, 0.3) is 0 Å². The predicted octanol–water partition coefficient (Wildman–Crippen LogP) is 3.73. The lowest BCUT2D eigenvalue weighted by Crippen LogP contribution is -2.50. The number of likely N-dealkylation sites (tertiary alicyclic amines) is 1. The molecule has 1 heterocycles. The van der Waals surface area contributed by atoms with E-state index in [4.69, 9.17) is 23.2 Å². The fraction of sp³-hybridized carbons (Fsp3) is 0.529. The molecule has 1 unspecified atom stereocenters. The van der Waals surface area contributed by atoms with Gasteiger partial charge in [-0.2, -0.15) is 0 Å². The van der Waals surface area contributed by atoms with Gasteiger partial charge in [0.05, 0.1) is 10.7 Å². The van der Waals surface area contributed by atoms with Gasteiger partial charge >= 0.3 is 0 Å². The van der Waals surface area contributed by atoms with Crippen LogP contribution in [0.5, 0.6) is 0 Å². The third kappa shape index (κ3) is 6.33. The SMILES string of the molecule is CNCCCC(=O)N1CCCCC1C(=O)Nc1ccc(Cl)cc1Cl.Cl. The highest BCUT2D eigenvalue weighted by Gasteiger charge is 2.31. The Morgan fingerprint density at radius 1 is 1.28 bits per heavy atom. The number of benzene rings is 1. The number of rotatable bonds is 6. The van der Waals surface area contributed by atoms with Gasteiger partial charge in [-0.25, -0.2) is 0 Å². The quantitative estimate of drug-likeness (QED) is 0.705. The molecule has 0 bridgehead atoms. The van der Waals surface area contributed by atoms with Crippen LogP contribution >= 0.6 is 35.6 Å². The van der Waals surface area contributed by atoms with Crippen molar-refractivity contribution in [1.29, 1.82) is 0 Å². The minimum Gasteiger partial charge on any atom is -0.331 e. The molecule has 1 atom stereocenters. The summed E-state index contributed by atoms with van der Waals surface area (Å²) in [5.41, 5.74) is 0.513. The smallest absolute Gasteiger partial charge is 0.247 e. The zero-order valence-corrected chi connectivity index (χ0v) is 16.5. The highest BCUT2D eigenvalue weighted by atomic mass is 35.5. The summed E-state index contributed by atoms with van der Waals surface area (Å²) in [6, 6.07) is 4.49. The Morgan fingerprint density at radius 3 is 2.72 bits per heavy atom. The molecule has 2 N–H and O–H groups in total. The summed E-state index contributed by atoms with van der Waals surface area (Å²) in [6.45, 7) is 1.42. The number of nitrogens with zero attached hydrogens (tertiary/aromatic N) is 1. The van der Waals surface area contributed by atoms with Crippen molar-refractivity contribution >= 4 is 53.1 Å². The first-order chi connectivity index (χ1) is 11.5. The number of carbonyl (C=O) groups is 2. The second kappa shape index (κ2) is 10.9. The van der Waals surface area contributed by atoms with Crippen molar-refractivity contribution in [3.8, 4) is 0 Å². The maximum atomic E-state index is 12.6. The van der Waals surface area contributed by atoms with Crippen molar-refractivity contribution < 1.29 is 9.59 Å². The molecule has 25 heavy (non-hydrogen) atoms. The molecule has 1 aromatic rings. The molecule has 8 heteroatoms. The van der Waals surface area contributed by atoms with Gasteiger partial charge in [0, 0.05) is 18.0 Å². The Kier molecular flexibility index (Phi) is 9.57. The maximum absolute atomic E-state index is 12.6. The van der Waals surface area contributed by atoms with Crippen molar-refractivity contribution in [1.82, 2.24) is 10.2 Å². The summed E-state index contributed by atoms with van der Waals surface area (Å²) in [7, 11) is 1.86. The number of amides is 2. The summed E-state index contributed by atoms with van der Waals surface area (Å²) < 4.78 is 0. The molecule has 0 aromatic heterocycles. The fourth-order valence-electron chi connectivity index (χ4n) is 2.87. The largest absolute Gasteiger partial charge is 0.331 e. The standard InChI is InChI=1S/C17H23Cl2N3O2.ClH/c1-20-9-4-6-16(23)22-10-3-2-5-15(22)17(24)21-14-8-7-12(18)11-13(14)19;/h7-8,11,15,20H,2-6,9-10H2,1H3,(H,21,24);1H. The molecule has 1 aliphatic heterocycles. The van der Waals surface area contributed by atoms with Gasteiger partial charge in [0.15, 0.2) is 0 Å². The monoisotopic (exact) mass is 407 g/mol. The van der Waals surface area contributed by atoms with Crippen LogP contribution in [0.3, 0.4) is 0 Å². The summed E-state index contributed by atoms with van der Waals surface area (Å²) in [5.74, 6) is -0.159. The number of hydrogen-bond donors (Lipinski definition) is 2. The van der Waals surface area contributed by atoms with E-state index >= 15 is 0 Å². The highest BCUT2D eigenvalue weighted by Crippen LogP contribution is 2.27. The lowest BCUT2D eigenvalue weighted by Gasteiger charge is -2.35. The van der Waals surface area contributed by atoms with Crippen LogP contribution in [0, 0.1) is 0 Å². The molecule has 1 aromatic carbocycles. The molecule has 2 rings (SSSR count). The average Bonchev–Trinajstić information content (AvgIpc) is 2.57. The van der Waals surface area contributed by atoms with Crippen molar-refractivity contribution in [3.63, 3.8) is 0 Å². The molecule has 1 aliphatic rings. The Balaban J connectivity index is 0.00000312. The van der Waals surface area contributed by atoms with E-state index in [9.17, 15) is 9.59 Å². The second-order valence-electron chi connectivity index (χ2n) is 5.92. The van der Waals surface area contributed by atoms with Crippen molar-refractivity contribution in [2.45, 2.75) is 38.1 Å². The minimum atomic E-state index is -0.437. The minimum absolute atomic E-state index is 0. The molecule has 0 saturated carbocycles. The van der Waals surface area contributed by atoms with Crippen molar-refractivity contribution in [2.75, 3.05) is 25.5 Å². The van der Waals surface area contributed by atoms with E-state index < -0.39 is 6.04 Å². The zero-order valence-electron chi connectivity index (χ0n) is 14.2. The van der Waals surface area contributed by atoms with Crippen LogP contribution in [-0.4, -0.2) is 42.9 Å².